The minimum atomic E-state index is -0.109. The molecule has 0 heterocycles. The molecule has 1 N–H and O–H groups in total. The Morgan fingerprint density at radius 3 is 2.83 bits per heavy atom. The lowest BCUT2D eigenvalue weighted by Gasteiger charge is -1.96. The van der Waals surface area contributed by atoms with Crippen molar-refractivity contribution >= 4 is 11.6 Å². The predicted molar refractivity (Wildman–Crippen MR) is 50.2 cm³/mol. The SMILES string of the molecule is Cc1cc(C#CCO)ccc1Cl. The minimum Gasteiger partial charge on any atom is -0.384 e. The van der Waals surface area contributed by atoms with Crippen molar-refractivity contribution in [3.8, 4) is 11.8 Å². The average molecular weight is 181 g/mol. The molecule has 0 saturated heterocycles. The van der Waals surface area contributed by atoms with Crippen LogP contribution in [0.25, 0.3) is 0 Å². The van der Waals surface area contributed by atoms with Crippen molar-refractivity contribution in [2.24, 2.45) is 0 Å². The van der Waals surface area contributed by atoms with E-state index in [2.05, 4.69) is 11.8 Å². The molecule has 1 rings (SSSR count). The van der Waals surface area contributed by atoms with E-state index in [-0.39, 0.29) is 6.61 Å². The molecule has 0 unspecified atom stereocenters. The van der Waals surface area contributed by atoms with Gasteiger partial charge in [0.05, 0.1) is 0 Å². The van der Waals surface area contributed by atoms with E-state index in [0.29, 0.717) is 0 Å². The van der Waals surface area contributed by atoms with Gasteiger partial charge in [-0.25, -0.2) is 0 Å². The average Bonchev–Trinajstić information content (AvgIpc) is 2.07. The summed E-state index contributed by atoms with van der Waals surface area (Å²) in [6.07, 6.45) is 0. The highest BCUT2D eigenvalue weighted by atomic mass is 35.5. The Morgan fingerprint density at radius 2 is 2.25 bits per heavy atom. The number of hydrogen-bond acceptors (Lipinski definition) is 1. The van der Waals surface area contributed by atoms with Gasteiger partial charge in [-0.2, -0.15) is 0 Å². The number of benzene rings is 1. The summed E-state index contributed by atoms with van der Waals surface area (Å²) < 4.78 is 0. The second-order valence-electron chi connectivity index (χ2n) is 2.42. The molecule has 0 aliphatic rings. The van der Waals surface area contributed by atoms with Crippen LogP contribution in [0.4, 0.5) is 0 Å². The molecule has 12 heavy (non-hydrogen) atoms. The van der Waals surface area contributed by atoms with Crippen molar-refractivity contribution in [3.05, 3.63) is 34.3 Å². The normalized spacial score (nSPS) is 8.92. The molecule has 1 nitrogen and oxygen atoms in total. The quantitative estimate of drug-likeness (QED) is 0.606. The van der Waals surface area contributed by atoms with E-state index in [4.69, 9.17) is 16.7 Å². The standard InChI is InChI=1S/C10H9ClO/c1-8-7-9(3-2-6-12)4-5-10(8)11/h4-5,7,12H,6H2,1H3. The molecular weight excluding hydrogens is 172 g/mol. The van der Waals surface area contributed by atoms with E-state index in [0.717, 1.165) is 16.1 Å². The molecule has 0 radical (unpaired) electrons. The third kappa shape index (κ3) is 2.27. The van der Waals surface area contributed by atoms with Crippen LogP contribution in [0.5, 0.6) is 0 Å². The van der Waals surface area contributed by atoms with Crippen LogP contribution in [0.1, 0.15) is 11.1 Å². The van der Waals surface area contributed by atoms with Gasteiger partial charge in [-0.05, 0) is 30.7 Å². The summed E-state index contributed by atoms with van der Waals surface area (Å²) in [5.41, 5.74) is 1.88. The molecule has 0 aliphatic heterocycles. The first-order chi connectivity index (χ1) is 5.74. The number of aliphatic hydroxyl groups is 1. The highest BCUT2D eigenvalue weighted by Gasteiger charge is 1.93. The van der Waals surface area contributed by atoms with E-state index in [1.807, 2.05) is 19.1 Å². The van der Waals surface area contributed by atoms with Gasteiger partial charge in [-0.3, -0.25) is 0 Å². The molecule has 0 amide bonds. The van der Waals surface area contributed by atoms with E-state index < -0.39 is 0 Å². The summed E-state index contributed by atoms with van der Waals surface area (Å²) in [7, 11) is 0. The topological polar surface area (TPSA) is 20.2 Å². The lowest BCUT2D eigenvalue weighted by atomic mass is 10.1. The zero-order valence-electron chi connectivity index (χ0n) is 6.76. The highest BCUT2D eigenvalue weighted by molar-refractivity contribution is 6.31. The summed E-state index contributed by atoms with van der Waals surface area (Å²) in [5, 5.41) is 9.19. The first-order valence-corrected chi connectivity index (χ1v) is 3.97. The molecule has 0 aromatic heterocycles. The molecule has 1 aromatic carbocycles. The number of aryl methyl sites for hydroxylation is 1. The number of rotatable bonds is 0. The van der Waals surface area contributed by atoms with Crippen molar-refractivity contribution in [2.45, 2.75) is 6.92 Å². The number of halogens is 1. The van der Waals surface area contributed by atoms with Gasteiger partial charge >= 0.3 is 0 Å². The van der Waals surface area contributed by atoms with Crippen LogP contribution < -0.4 is 0 Å². The van der Waals surface area contributed by atoms with Crippen LogP contribution in [0.3, 0.4) is 0 Å². The Bertz CT molecular complexity index is 333. The fourth-order valence-electron chi connectivity index (χ4n) is 0.864. The summed E-state index contributed by atoms with van der Waals surface area (Å²) in [5.74, 6) is 5.38. The van der Waals surface area contributed by atoms with Crippen LogP contribution in [-0.2, 0) is 0 Å². The van der Waals surface area contributed by atoms with Gasteiger partial charge in [0.15, 0.2) is 0 Å². The smallest absolute Gasteiger partial charge is 0.104 e. The minimum absolute atomic E-state index is 0.109. The van der Waals surface area contributed by atoms with Gasteiger partial charge in [-0.15, -0.1) is 0 Å². The van der Waals surface area contributed by atoms with Crippen molar-refractivity contribution in [1.82, 2.24) is 0 Å². The van der Waals surface area contributed by atoms with Gasteiger partial charge in [-0.1, -0.05) is 23.4 Å². The maximum Gasteiger partial charge on any atom is 0.104 e. The van der Waals surface area contributed by atoms with Crippen molar-refractivity contribution in [3.63, 3.8) is 0 Å². The molecule has 0 bridgehead atoms. The Morgan fingerprint density at radius 1 is 1.50 bits per heavy atom. The van der Waals surface area contributed by atoms with Gasteiger partial charge < -0.3 is 5.11 Å². The maximum atomic E-state index is 8.45. The van der Waals surface area contributed by atoms with Crippen molar-refractivity contribution in [2.75, 3.05) is 6.61 Å². The molecule has 0 saturated carbocycles. The maximum absolute atomic E-state index is 8.45. The van der Waals surface area contributed by atoms with E-state index in [1.165, 1.54) is 0 Å². The first-order valence-electron chi connectivity index (χ1n) is 3.60. The van der Waals surface area contributed by atoms with E-state index >= 15 is 0 Å². The van der Waals surface area contributed by atoms with Gasteiger partial charge in [0.2, 0.25) is 0 Å². The Balaban J connectivity index is 2.97. The Labute approximate surface area is 77.0 Å². The molecule has 0 spiro atoms. The zero-order valence-corrected chi connectivity index (χ0v) is 7.52. The van der Waals surface area contributed by atoms with E-state index in [1.54, 1.807) is 6.07 Å². The summed E-state index contributed by atoms with van der Waals surface area (Å²) in [6.45, 7) is 1.81. The van der Waals surface area contributed by atoms with Crippen LogP contribution in [0.15, 0.2) is 18.2 Å². The molecule has 62 valence electrons. The lowest BCUT2D eigenvalue weighted by molar-refractivity contribution is 0.350. The number of aliphatic hydroxyl groups excluding tert-OH is 1. The second-order valence-corrected chi connectivity index (χ2v) is 2.83. The van der Waals surface area contributed by atoms with Crippen molar-refractivity contribution in [1.29, 1.82) is 0 Å². The predicted octanol–water partition coefficient (Wildman–Crippen LogP) is 1.99. The molecule has 0 fully saturated rings. The number of hydrogen-bond donors (Lipinski definition) is 1. The fourth-order valence-corrected chi connectivity index (χ4v) is 0.982. The fraction of sp³-hybridized carbons (Fsp3) is 0.200. The van der Waals surface area contributed by atoms with Crippen LogP contribution >= 0.6 is 11.6 Å². The largest absolute Gasteiger partial charge is 0.384 e. The van der Waals surface area contributed by atoms with Crippen LogP contribution in [0.2, 0.25) is 5.02 Å². The lowest BCUT2D eigenvalue weighted by Crippen LogP contribution is -1.79. The van der Waals surface area contributed by atoms with Gasteiger partial charge in [0.25, 0.3) is 0 Å². The summed E-state index contributed by atoms with van der Waals surface area (Å²) >= 11 is 5.82. The summed E-state index contributed by atoms with van der Waals surface area (Å²) in [4.78, 5) is 0. The van der Waals surface area contributed by atoms with E-state index in [9.17, 15) is 0 Å². The highest BCUT2D eigenvalue weighted by Crippen LogP contribution is 2.15. The van der Waals surface area contributed by atoms with Crippen LogP contribution in [-0.4, -0.2) is 11.7 Å². The monoisotopic (exact) mass is 180 g/mol. The Kier molecular flexibility index (Phi) is 3.16. The van der Waals surface area contributed by atoms with Gasteiger partial charge in [0.1, 0.15) is 6.61 Å². The van der Waals surface area contributed by atoms with Crippen molar-refractivity contribution < 1.29 is 5.11 Å². The molecule has 0 aliphatic carbocycles. The molecule has 2 heteroatoms. The third-order valence-corrected chi connectivity index (χ3v) is 1.89. The molecular formula is C10H9ClO. The zero-order chi connectivity index (χ0) is 8.97. The first kappa shape index (κ1) is 9.12. The third-order valence-electron chi connectivity index (χ3n) is 1.47. The Hall–Kier alpha value is -0.970. The van der Waals surface area contributed by atoms with Crippen LogP contribution in [0, 0.1) is 18.8 Å². The summed E-state index contributed by atoms with van der Waals surface area (Å²) in [6, 6.07) is 5.53. The second kappa shape index (κ2) is 4.15. The van der Waals surface area contributed by atoms with Gasteiger partial charge in [0, 0.05) is 10.6 Å². The molecule has 0 atom stereocenters. The molecule has 1 aromatic rings.